The third-order valence-corrected chi connectivity index (χ3v) is 5.78. The Bertz CT molecular complexity index is 1560. The summed E-state index contributed by atoms with van der Waals surface area (Å²) >= 11 is 12.1. The van der Waals surface area contributed by atoms with Gasteiger partial charge in [-0.2, -0.15) is 0 Å². The summed E-state index contributed by atoms with van der Waals surface area (Å²) in [6.07, 6.45) is 0.0643. The van der Waals surface area contributed by atoms with Crippen LogP contribution in [0.5, 0.6) is 0 Å². The number of halogens is 2. The molecule has 5 aromatic rings. The predicted octanol–water partition coefficient (Wildman–Crippen LogP) is 5.56. The Balaban J connectivity index is 1.77. The number of ketones is 1. The lowest BCUT2D eigenvalue weighted by molar-refractivity contribution is 0.0780. The van der Waals surface area contributed by atoms with Crippen molar-refractivity contribution in [1.82, 2.24) is 24.6 Å². The molecule has 2 aromatic carbocycles. The van der Waals surface area contributed by atoms with Gasteiger partial charge in [-0.1, -0.05) is 59.6 Å². The van der Waals surface area contributed by atoms with E-state index in [2.05, 4.69) is 30.3 Å². The molecule has 0 aliphatic rings. The molecule has 3 aromatic heterocycles. The van der Waals surface area contributed by atoms with E-state index in [1.807, 2.05) is 24.3 Å². The summed E-state index contributed by atoms with van der Waals surface area (Å²) in [5.74, 6) is -0.331. The van der Waals surface area contributed by atoms with Crippen LogP contribution < -0.4 is 0 Å². The highest BCUT2D eigenvalue weighted by Crippen LogP contribution is 2.38. The standard InChI is InChI=1S/C22H15Cl2N7O2/c1-11(32)19(33)13-7-3-2-6-12(13)17-18(28-29-21-16(23)20(24)25-10-26-21)22-27-14-8-4-5-9-15(14)31(22)30-17/h2-11,30,32H,1H3. The van der Waals surface area contributed by atoms with Gasteiger partial charge in [-0.25, -0.2) is 19.5 Å². The normalized spacial score (nSPS) is 12.7. The lowest BCUT2D eigenvalue weighted by Gasteiger charge is -2.09. The van der Waals surface area contributed by atoms with Crippen molar-refractivity contribution in [2.24, 2.45) is 10.2 Å². The van der Waals surface area contributed by atoms with Crippen LogP contribution in [0.4, 0.5) is 11.5 Å². The fraction of sp³-hybridized carbons (Fsp3) is 0.0909. The Morgan fingerprint density at radius 1 is 1.09 bits per heavy atom. The van der Waals surface area contributed by atoms with E-state index < -0.39 is 11.9 Å². The Kier molecular flexibility index (Phi) is 5.37. The van der Waals surface area contributed by atoms with Gasteiger partial charge in [0.1, 0.15) is 17.5 Å². The van der Waals surface area contributed by atoms with Crippen LogP contribution in [0.15, 0.2) is 65.1 Å². The molecule has 0 bridgehead atoms. The lowest BCUT2D eigenvalue weighted by atomic mass is 9.98. The number of carbonyl (C=O) groups is 1. The predicted molar refractivity (Wildman–Crippen MR) is 125 cm³/mol. The molecular formula is C22H15Cl2N7O2. The van der Waals surface area contributed by atoms with Crippen molar-refractivity contribution in [3.05, 3.63) is 70.6 Å². The van der Waals surface area contributed by atoms with E-state index in [1.54, 1.807) is 28.8 Å². The fourth-order valence-electron chi connectivity index (χ4n) is 3.51. The number of aliphatic hydroxyl groups is 1. The van der Waals surface area contributed by atoms with Crippen LogP contribution in [0.1, 0.15) is 17.3 Å². The number of azo groups is 1. The highest BCUT2D eigenvalue weighted by molar-refractivity contribution is 6.42. The summed E-state index contributed by atoms with van der Waals surface area (Å²) < 4.78 is 1.76. The molecule has 0 fully saturated rings. The summed E-state index contributed by atoms with van der Waals surface area (Å²) in [6, 6.07) is 14.5. The Morgan fingerprint density at radius 2 is 1.85 bits per heavy atom. The van der Waals surface area contributed by atoms with Crippen molar-refractivity contribution in [3.8, 4) is 11.3 Å². The van der Waals surface area contributed by atoms with Gasteiger partial charge in [-0.05, 0) is 19.1 Å². The lowest BCUT2D eigenvalue weighted by Crippen LogP contribution is -2.17. The maximum absolute atomic E-state index is 12.7. The minimum atomic E-state index is -1.17. The van der Waals surface area contributed by atoms with E-state index in [0.29, 0.717) is 28.2 Å². The molecule has 33 heavy (non-hydrogen) atoms. The second kappa shape index (κ2) is 8.36. The molecule has 0 radical (unpaired) electrons. The van der Waals surface area contributed by atoms with Gasteiger partial charge in [0.2, 0.25) is 0 Å². The summed E-state index contributed by atoms with van der Waals surface area (Å²) in [5, 5.41) is 21.9. The number of carbonyl (C=O) groups excluding carboxylic acids is 1. The number of aliphatic hydroxyl groups excluding tert-OH is 1. The number of Topliss-reactive ketones (excluding diaryl/α,β-unsaturated/α-hetero) is 1. The van der Waals surface area contributed by atoms with Gasteiger partial charge in [0.25, 0.3) is 0 Å². The number of aromatic nitrogens is 5. The quantitative estimate of drug-likeness (QED) is 0.194. The molecule has 0 saturated carbocycles. The first-order valence-corrected chi connectivity index (χ1v) is 10.6. The third kappa shape index (κ3) is 3.66. The van der Waals surface area contributed by atoms with E-state index in [0.717, 1.165) is 11.0 Å². The number of benzene rings is 2. The second-order valence-electron chi connectivity index (χ2n) is 7.18. The summed E-state index contributed by atoms with van der Waals surface area (Å²) in [6.45, 7) is 1.43. The Labute approximate surface area is 196 Å². The summed E-state index contributed by atoms with van der Waals surface area (Å²) in [4.78, 5) is 25.2. The molecule has 3 heterocycles. The number of nitrogens with one attached hydrogen (secondary N) is 1. The van der Waals surface area contributed by atoms with Gasteiger partial charge in [-0.15, -0.1) is 10.2 Å². The maximum atomic E-state index is 12.7. The van der Waals surface area contributed by atoms with Crippen molar-refractivity contribution >= 4 is 57.2 Å². The zero-order chi connectivity index (χ0) is 23.1. The zero-order valence-corrected chi connectivity index (χ0v) is 18.6. The molecule has 1 atom stereocenters. The maximum Gasteiger partial charge on any atom is 0.197 e. The van der Waals surface area contributed by atoms with Crippen LogP contribution in [0.2, 0.25) is 10.2 Å². The topological polar surface area (TPSA) is 121 Å². The monoisotopic (exact) mass is 479 g/mol. The van der Waals surface area contributed by atoms with Gasteiger partial charge < -0.3 is 5.11 Å². The number of para-hydroxylation sites is 2. The van der Waals surface area contributed by atoms with E-state index in [4.69, 9.17) is 23.2 Å². The highest BCUT2D eigenvalue weighted by Gasteiger charge is 2.23. The number of rotatable bonds is 5. The molecule has 0 aliphatic heterocycles. The van der Waals surface area contributed by atoms with Crippen LogP contribution in [0.3, 0.4) is 0 Å². The van der Waals surface area contributed by atoms with E-state index >= 15 is 0 Å². The third-order valence-electron chi connectivity index (χ3n) is 5.05. The molecule has 5 rings (SSSR count). The number of fused-ring (bicyclic) bond motifs is 3. The number of nitrogens with zero attached hydrogens (tertiary/aromatic N) is 6. The molecule has 11 heteroatoms. The Morgan fingerprint density at radius 3 is 2.67 bits per heavy atom. The van der Waals surface area contributed by atoms with E-state index in [9.17, 15) is 9.90 Å². The highest BCUT2D eigenvalue weighted by atomic mass is 35.5. The SMILES string of the molecule is CC(O)C(=O)c1ccccc1-c1[nH]n2c(nc3ccccc32)c1N=Nc1ncnc(Cl)c1Cl. The number of H-pyrrole nitrogens is 1. The Hall–Kier alpha value is -3.66. The first-order valence-electron chi connectivity index (χ1n) is 9.84. The van der Waals surface area contributed by atoms with Gasteiger partial charge in [0.15, 0.2) is 28.1 Å². The fourth-order valence-corrected chi connectivity index (χ4v) is 3.77. The van der Waals surface area contributed by atoms with Crippen molar-refractivity contribution in [2.45, 2.75) is 13.0 Å². The number of aromatic amines is 1. The van der Waals surface area contributed by atoms with Crippen LogP contribution in [0.25, 0.3) is 27.9 Å². The minimum absolute atomic E-state index is 0.0551. The molecule has 0 spiro atoms. The summed E-state index contributed by atoms with van der Waals surface area (Å²) in [7, 11) is 0. The van der Waals surface area contributed by atoms with Crippen molar-refractivity contribution in [3.63, 3.8) is 0 Å². The molecule has 0 saturated heterocycles. The van der Waals surface area contributed by atoms with Crippen molar-refractivity contribution < 1.29 is 9.90 Å². The van der Waals surface area contributed by atoms with Gasteiger partial charge >= 0.3 is 0 Å². The van der Waals surface area contributed by atoms with Crippen LogP contribution >= 0.6 is 23.2 Å². The second-order valence-corrected chi connectivity index (χ2v) is 7.92. The van der Waals surface area contributed by atoms with Crippen LogP contribution in [-0.4, -0.2) is 41.6 Å². The number of hydrogen-bond acceptors (Lipinski definition) is 7. The van der Waals surface area contributed by atoms with Crippen LogP contribution in [-0.2, 0) is 0 Å². The largest absolute Gasteiger partial charge is 0.385 e. The smallest absolute Gasteiger partial charge is 0.197 e. The van der Waals surface area contributed by atoms with Crippen molar-refractivity contribution in [2.75, 3.05) is 0 Å². The number of imidazole rings is 1. The minimum Gasteiger partial charge on any atom is -0.385 e. The molecule has 0 aliphatic carbocycles. The first-order chi connectivity index (χ1) is 16.0. The molecule has 164 valence electrons. The van der Waals surface area contributed by atoms with E-state index in [-0.39, 0.29) is 16.0 Å². The zero-order valence-electron chi connectivity index (χ0n) is 17.1. The van der Waals surface area contributed by atoms with E-state index in [1.165, 1.54) is 13.3 Å². The molecule has 9 nitrogen and oxygen atoms in total. The first kappa shape index (κ1) is 21.2. The van der Waals surface area contributed by atoms with Gasteiger partial charge in [0, 0.05) is 11.1 Å². The average molecular weight is 480 g/mol. The van der Waals surface area contributed by atoms with Gasteiger partial charge in [0.05, 0.1) is 16.7 Å². The molecule has 2 N–H and O–H groups in total. The van der Waals surface area contributed by atoms with Gasteiger partial charge in [-0.3, -0.25) is 9.89 Å². The summed E-state index contributed by atoms with van der Waals surface area (Å²) in [5.41, 5.74) is 3.79. The molecular weight excluding hydrogens is 465 g/mol. The average Bonchev–Trinajstić information content (AvgIpc) is 3.35. The number of hydrogen-bond donors (Lipinski definition) is 2. The van der Waals surface area contributed by atoms with Crippen molar-refractivity contribution in [1.29, 1.82) is 0 Å². The molecule has 1 unspecified atom stereocenters. The molecule has 0 amide bonds. The van der Waals surface area contributed by atoms with Crippen LogP contribution in [0, 0.1) is 0 Å².